The SMILES string of the molecule is CO/N=C(/C=O)c1ccco1. The van der Waals surface area contributed by atoms with E-state index in [-0.39, 0.29) is 5.71 Å². The van der Waals surface area contributed by atoms with Crippen LogP contribution in [0.4, 0.5) is 0 Å². The Morgan fingerprint density at radius 2 is 2.64 bits per heavy atom. The van der Waals surface area contributed by atoms with Crippen LogP contribution in [0.25, 0.3) is 0 Å². The van der Waals surface area contributed by atoms with Gasteiger partial charge >= 0.3 is 0 Å². The van der Waals surface area contributed by atoms with Crippen LogP contribution < -0.4 is 0 Å². The van der Waals surface area contributed by atoms with Crippen molar-refractivity contribution in [3.05, 3.63) is 24.2 Å². The molecule has 0 bridgehead atoms. The molecule has 0 fully saturated rings. The smallest absolute Gasteiger partial charge is 0.184 e. The zero-order valence-electron chi connectivity index (χ0n) is 5.98. The molecule has 58 valence electrons. The van der Waals surface area contributed by atoms with Crippen LogP contribution >= 0.6 is 0 Å². The monoisotopic (exact) mass is 153 g/mol. The molecule has 0 N–H and O–H groups in total. The van der Waals surface area contributed by atoms with E-state index in [1.807, 2.05) is 0 Å². The Morgan fingerprint density at radius 3 is 3.09 bits per heavy atom. The van der Waals surface area contributed by atoms with Crippen LogP contribution in [0.1, 0.15) is 5.76 Å². The Morgan fingerprint density at radius 1 is 1.82 bits per heavy atom. The molecule has 0 spiro atoms. The van der Waals surface area contributed by atoms with Crippen LogP contribution in [-0.4, -0.2) is 19.1 Å². The van der Waals surface area contributed by atoms with Crippen LogP contribution in [0.2, 0.25) is 0 Å². The number of hydrogen-bond donors (Lipinski definition) is 0. The number of hydrogen-bond acceptors (Lipinski definition) is 4. The van der Waals surface area contributed by atoms with E-state index < -0.39 is 0 Å². The van der Waals surface area contributed by atoms with E-state index in [0.717, 1.165) is 0 Å². The second-order valence-electron chi connectivity index (χ2n) is 1.75. The highest BCUT2D eigenvalue weighted by Gasteiger charge is 2.04. The van der Waals surface area contributed by atoms with Gasteiger partial charge in [0, 0.05) is 0 Å². The number of nitrogens with zero attached hydrogens (tertiary/aromatic N) is 1. The van der Waals surface area contributed by atoms with Gasteiger partial charge in [0.15, 0.2) is 17.8 Å². The van der Waals surface area contributed by atoms with Crippen molar-refractivity contribution in [1.82, 2.24) is 0 Å². The summed E-state index contributed by atoms with van der Waals surface area (Å²) in [7, 11) is 1.37. The first kappa shape index (κ1) is 7.53. The van der Waals surface area contributed by atoms with Gasteiger partial charge in [-0.25, -0.2) is 0 Å². The Balaban J connectivity index is 2.88. The van der Waals surface area contributed by atoms with Crippen molar-refractivity contribution in [2.75, 3.05) is 7.11 Å². The maximum absolute atomic E-state index is 10.3. The number of furan rings is 1. The minimum atomic E-state index is 0.150. The molecule has 0 saturated carbocycles. The first-order valence-corrected chi connectivity index (χ1v) is 2.98. The van der Waals surface area contributed by atoms with Gasteiger partial charge in [-0.2, -0.15) is 0 Å². The lowest BCUT2D eigenvalue weighted by Gasteiger charge is -1.90. The maximum Gasteiger partial charge on any atom is 0.184 e. The van der Waals surface area contributed by atoms with Gasteiger partial charge in [0.1, 0.15) is 7.11 Å². The van der Waals surface area contributed by atoms with Crippen molar-refractivity contribution < 1.29 is 14.0 Å². The molecular formula is C7H7NO3. The van der Waals surface area contributed by atoms with E-state index in [1.165, 1.54) is 13.4 Å². The Labute approximate surface area is 63.4 Å². The third-order valence-corrected chi connectivity index (χ3v) is 1.07. The lowest BCUT2D eigenvalue weighted by atomic mass is 10.3. The van der Waals surface area contributed by atoms with Crippen LogP contribution in [0.15, 0.2) is 28.0 Å². The van der Waals surface area contributed by atoms with Crippen molar-refractivity contribution in [2.45, 2.75) is 0 Å². The van der Waals surface area contributed by atoms with Crippen molar-refractivity contribution in [1.29, 1.82) is 0 Å². The van der Waals surface area contributed by atoms with Gasteiger partial charge in [0.25, 0.3) is 0 Å². The van der Waals surface area contributed by atoms with E-state index >= 15 is 0 Å². The molecule has 11 heavy (non-hydrogen) atoms. The molecule has 4 heteroatoms. The fraction of sp³-hybridized carbons (Fsp3) is 0.143. The lowest BCUT2D eigenvalue weighted by molar-refractivity contribution is -0.102. The summed E-state index contributed by atoms with van der Waals surface area (Å²) in [5.74, 6) is 0.404. The molecule has 4 nitrogen and oxygen atoms in total. The lowest BCUT2D eigenvalue weighted by Crippen LogP contribution is -2.00. The molecule has 0 amide bonds. The second-order valence-corrected chi connectivity index (χ2v) is 1.75. The molecule has 1 heterocycles. The summed E-state index contributed by atoms with van der Waals surface area (Å²) >= 11 is 0. The highest BCUT2D eigenvalue weighted by Crippen LogP contribution is 2.00. The highest BCUT2D eigenvalue weighted by molar-refractivity contribution is 6.35. The number of aldehydes is 1. The quantitative estimate of drug-likeness (QED) is 0.367. The van der Waals surface area contributed by atoms with Crippen LogP contribution in [0.3, 0.4) is 0 Å². The molecular weight excluding hydrogens is 146 g/mol. The highest BCUT2D eigenvalue weighted by atomic mass is 16.6. The normalized spacial score (nSPS) is 11.2. The molecule has 0 aliphatic carbocycles. The number of carbonyl (C=O) groups is 1. The zero-order chi connectivity index (χ0) is 8.10. The third-order valence-electron chi connectivity index (χ3n) is 1.07. The summed E-state index contributed by atoms with van der Waals surface area (Å²) in [4.78, 5) is 14.7. The third kappa shape index (κ3) is 1.67. The molecule has 1 aromatic rings. The molecule has 1 rings (SSSR count). The first-order valence-electron chi connectivity index (χ1n) is 2.98. The minimum Gasteiger partial charge on any atom is -0.462 e. The van der Waals surface area contributed by atoms with E-state index in [1.54, 1.807) is 12.1 Å². The topological polar surface area (TPSA) is 51.8 Å². The minimum absolute atomic E-state index is 0.150. The molecule has 0 aliphatic heterocycles. The molecule has 0 saturated heterocycles. The second kappa shape index (κ2) is 3.55. The van der Waals surface area contributed by atoms with Gasteiger partial charge in [0.05, 0.1) is 6.26 Å². The van der Waals surface area contributed by atoms with Crippen molar-refractivity contribution in [3.63, 3.8) is 0 Å². The summed E-state index contributed by atoms with van der Waals surface area (Å²) in [6.07, 6.45) is 2.03. The Hall–Kier alpha value is -1.58. The number of rotatable bonds is 3. The average Bonchev–Trinajstić information content (AvgIpc) is 2.52. The van der Waals surface area contributed by atoms with Crippen molar-refractivity contribution in [3.8, 4) is 0 Å². The fourth-order valence-electron chi connectivity index (χ4n) is 0.647. The molecule has 0 aliphatic rings. The predicted octanol–water partition coefficient (Wildman–Crippen LogP) is 0.829. The molecule has 0 aromatic carbocycles. The number of carbonyl (C=O) groups excluding carboxylic acids is 1. The Kier molecular flexibility index (Phi) is 2.43. The van der Waals surface area contributed by atoms with Crippen LogP contribution in [0.5, 0.6) is 0 Å². The zero-order valence-corrected chi connectivity index (χ0v) is 5.98. The first-order chi connectivity index (χ1) is 5.38. The summed E-state index contributed by atoms with van der Waals surface area (Å²) in [5, 5.41) is 3.44. The van der Waals surface area contributed by atoms with Crippen molar-refractivity contribution >= 4 is 12.0 Å². The predicted molar refractivity (Wildman–Crippen MR) is 38.3 cm³/mol. The van der Waals surface area contributed by atoms with Gasteiger partial charge in [-0.15, -0.1) is 0 Å². The van der Waals surface area contributed by atoms with Gasteiger partial charge in [-0.1, -0.05) is 5.16 Å². The summed E-state index contributed by atoms with van der Waals surface area (Å²) in [6.45, 7) is 0. The van der Waals surface area contributed by atoms with E-state index in [2.05, 4.69) is 9.99 Å². The Bertz CT molecular complexity index is 251. The molecule has 0 unspecified atom stereocenters. The van der Waals surface area contributed by atoms with Gasteiger partial charge in [0.2, 0.25) is 0 Å². The molecule has 0 atom stereocenters. The molecule has 1 aromatic heterocycles. The summed E-state index contributed by atoms with van der Waals surface area (Å²) < 4.78 is 4.90. The van der Waals surface area contributed by atoms with Gasteiger partial charge in [-0.05, 0) is 12.1 Å². The standard InChI is InChI=1S/C7H7NO3/c1-10-8-6(5-9)7-3-2-4-11-7/h2-5H,1H3/b8-6-. The average molecular weight is 153 g/mol. The summed E-state index contributed by atoms with van der Waals surface area (Å²) in [5.41, 5.74) is 0.150. The van der Waals surface area contributed by atoms with E-state index in [9.17, 15) is 4.79 Å². The van der Waals surface area contributed by atoms with Crippen LogP contribution in [-0.2, 0) is 9.63 Å². The maximum atomic E-state index is 10.3. The fourth-order valence-corrected chi connectivity index (χ4v) is 0.647. The van der Waals surface area contributed by atoms with E-state index in [0.29, 0.717) is 12.0 Å². The van der Waals surface area contributed by atoms with Gasteiger partial charge < -0.3 is 9.25 Å². The largest absolute Gasteiger partial charge is 0.462 e. The van der Waals surface area contributed by atoms with Crippen LogP contribution in [0, 0.1) is 0 Å². The van der Waals surface area contributed by atoms with Gasteiger partial charge in [-0.3, -0.25) is 4.79 Å². The molecule has 0 radical (unpaired) electrons. The van der Waals surface area contributed by atoms with Crippen molar-refractivity contribution in [2.24, 2.45) is 5.16 Å². The summed E-state index contributed by atoms with van der Waals surface area (Å²) in [6, 6.07) is 3.30. The van der Waals surface area contributed by atoms with E-state index in [4.69, 9.17) is 4.42 Å². The number of oxime groups is 1.